The van der Waals surface area contributed by atoms with Crippen LogP contribution in [0, 0.1) is 0 Å². The zero-order valence-electron chi connectivity index (χ0n) is 11.8. The third kappa shape index (κ3) is 3.27. The molecule has 106 valence electrons. The van der Waals surface area contributed by atoms with Crippen LogP contribution in [0.2, 0.25) is 0 Å². The number of rotatable bonds is 4. The van der Waals surface area contributed by atoms with Crippen molar-refractivity contribution in [3.63, 3.8) is 0 Å². The predicted octanol–water partition coefficient (Wildman–Crippen LogP) is 2.53. The van der Waals surface area contributed by atoms with Gasteiger partial charge in [-0.3, -0.25) is 0 Å². The fourth-order valence-electron chi connectivity index (χ4n) is 2.11. The number of benzene rings is 2. The molecule has 1 unspecified atom stereocenters. The lowest BCUT2D eigenvalue weighted by molar-refractivity contribution is 0.188. The molecule has 0 spiro atoms. The molecular weight excluding hydrogens is 252 g/mol. The van der Waals surface area contributed by atoms with Gasteiger partial charge in [0.05, 0.1) is 12.6 Å². The van der Waals surface area contributed by atoms with E-state index >= 15 is 0 Å². The van der Waals surface area contributed by atoms with Crippen LogP contribution in [-0.2, 0) is 0 Å². The lowest BCUT2D eigenvalue weighted by Gasteiger charge is -2.21. The topological polar surface area (TPSA) is 52.6 Å². The maximum atomic E-state index is 11.9. The Morgan fingerprint density at radius 3 is 2.65 bits per heavy atom. The number of aliphatic hydroxyl groups is 1. The van der Waals surface area contributed by atoms with Gasteiger partial charge in [-0.25, -0.2) is 4.79 Å². The summed E-state index contributed by atoms with van der Waals surface area (Å²) in [6.45, 7) is 2.25. The molecule has 0 aliphatic carbocycles. The van der Waals surface area contributed by atoms with Gasteiger partial charge in [-0.15, -0.1) is 0 Å². The maximum absolute atomic E-state index is 11.9. The molecule has 0 aliphatic heterocycles. The van der Waals surface area contributed by atoms with Gasteiger partial charge in [0, 0.05) is 13.6 Å². The summed E-state index contributed by atoms with van der Waals surface area (Å²) in [6, 6.07) is 14.1. The number of carbonyl (C=O) groups is 1. The largest absolute Gasteiger partial charge is 0.395 e. The molecule has 4 nitrogen and oxygen atoms in total. The molecule has 0 saturated heterocycles. The van der Waals surface area contributed by atoms with Crippen LogP contribution in [0.3, 0.4) is 0 Å². The van der Waals surface area contributed by atoms with Gasteiger partial charge in [-0.05, 0) is 29.3 Å². The van der Waals surface area contributed by atoms with E-state index < -0.39 is 0 Å². The lowest BCUT2D eigenvalue weighted by Crippen LogP contribution is -2.39. The summed E-state index contributed by atoms with van der Waals surface area (Å²) in [5.41, 5.74) is 1.06. The highest BCUT2D eigenvalue weighted by Crippen LogP contribution is 2.20. The van der Waals surface area contributed by atoms with E-state index in [4.69, 9.17) is 5.11 Å². The first-order valence-electron chi connectivity index (χ1n) is 6.73. The van der Waals surface area contributed by atoms with E-state index in [1.54, 1.807) is 7.05 Å². The van der Waals surface area contributed by atoms with Crippen molar-refractivity contribution in [3.8, 4) is 0 Å². The quantitative estimate of drug-likeness (QED) is 0.898. The molecule has 2 amide bonds. The molecule has 0 aliphatic rings. The first kappa shape index (κ1) is 14.3. The second kappa shape index (κ2) is 6.39. The van der Waals surface area contributed by atoms with Crippen molar-refractivity contribution in [3.05, 3.63) is 48.0 Å². The van der Waals surface area contributed by atoms with Crippen LogP contribution >= 0.6 is 0 Å². The number of likely N-dealkylation sites (N-methyl/N-ethyl adjacent to an activating group) is 1. The molecule has 0 saturated carbocycles. The second-order valence-corrected chi connectivity index (χ2v) is 4.92. The van der Waals surface area contributed by atoms with Gasteiger partial charge in [-0.1, -0.05) is 36.4 Å². The summed E-state index contributed by atoms with van der Waals surface area (Å²) in [7, 11) is 1.67. The van der Waals surface area contributed by atoms with Crippen LogP contribution in [-0.4, -0.2) is 36.2 Å². The molecule has 0 fully saturated rings. The number of aliphatic hydroxyl groups excluding tert-OH is 1. The van der Waals surface area contributed by atoms with Crippen LogP contribution in [0.15, 0.2) is 42.5 Å². The van der Waals surface area contributed by atoms with E-state index in [0.29, 0.717) is 6.54 Å². The normalized spacial score (nSPS) is 12.2. The molecule has 2 aromatic rings. The zero-order chi connectivity index (χ0) is 14.5. The van der Waals surface area contributed by atoms with Gasteiger partial charge in [0.15, 0.2) is 0 Å². The third-order valence-electron chi connectivity index (χ3n) is 3.40. The third-order valence-corrected chi connectivity index (χ3v) is 3.40. The molecule has 0 radical (unpaired) electrons. The first-order valence-corrected chi connectivity index (χ1v) is 6.73. The number of fused-ring (bicyclic) bond motifs is 1. The number of urea groups is 1. The second-order valence-electron chi connectivity index (χ2n) is 4.92. The molecule has 1 atom stereocenters. The van der Waals surface area contributed by atoms with Crippen LogP contribution in [0.1, 0.15) is 18.5 Å². The average Bonchev–Trinajstić information content (AvgIpc) is 2.46. The molecule has 2 N–H and O–H groups in total. The summed E-state index contributed by atoms with van der Waals surface area (Å²) in [4.78, 5) is 13.4. The fourth-order valence-corrected chi connectivity index (χ4v) is 2.11. The number of nitrogens with zero attached hydrogens (tertiary/aromatic N) is 1. The monoisotopic (exact) mass is 272 g/mol. The SMILES string of the molecule is CC(NC(=O)N(C)CCO)c1ccc2ccccc2c1. The zero-order valence-corrected chi connectivity index (χ0v) is 11.8. The smallest absolute Gasteiger partial charge is 0.317 e. The van der Waals surface area contributed by atoms with Gasteiger partial charge < -0.3 is 15.3 Å². The van der Waals surface area contributed by atoms with Gasteiger partial charge in [-0.2, -0.15) is 0 Å². The van der Waals surface area contributed by atoms with Gasteiger partial charge in [0.25, 0.3) is 0 Å². The Kier molecular flexibility index (Phi) is 4.58. The number of carbonyl (C=O) groups excluding carboxylic acids is 1. The highest BCUT2D eigenvalue weighted by molar-refractivity contribution is 5.83. The fraction of sp³-hybridized carbons (Fsp3) is 0.312. The number of amides is 2. The Balaban J connectivity index is 2.11. The van der Waals surface area contributed by atoms with Crippen LogP contribution in [0.5, 0.6) is 0 Å². The first-order chi connectivity index (χ1) is 9.61. The van der Waals surface area contributed by atoms with Crippen molar-refractivity contribution in [2.24, 2.45) is 0 Å². The van der Waals surface area contributed by atoms with Crippen molar-refractivity contribution in [2.45, 2.75) is 13.0 Å². The van der Waals surface area contributed by atoms with E-state index in [-0.39, 0.29) is 18.7 Å². The Morgan fingerprint density at radius 1 is 1.25 bits per heavy atom. The number of hydrogen-bond acceptors (Lipinski definition) is 2. The van der Waals surface area contributed by atoms with E-state index in [1.807, 2.05) is 25.1 Å². The van der Waals surface area contributed by atoms with Crippen LogP contribution in [0.4, 0.5) is 4.79 Å². The standard InChI is InChI=1S/C16H20N2O2/c1-12(17-16(20)18(2)9-10-19)14-8-7-13-5-3-4-6-15(13)11-14/h3-8,11-12,19H,9-10H2,1-2H3,(H,17,20). The van der Waals surface area contributed by atoms with Gasteiger partial charge in [0.2, 0.25) is 0 Å². The van der Waals surface area contributed by atoms with Crippen molar-refractivity contribution in [2.75, 3.05) is 20.2 Å². The number of hydrogen-bond donors (Lipinski definition) is 2. The summed E-state index contributed by atoms with van der Waals surface area (Å²) in [6.07, 6.45) is 0. The molecule has 4 heteroatoms. The Hall–Kier alpha value is -2.07. The summed E-state index contributed by atoms with van der Waals surface area (Å²) in [5, 5.41) is 14.1. The number of nitrogens with one attached hydrogen (secondary N) is 1. The highest BCUT2D eigenvalue weighted by Gasteiger charge is 2.13. The molecule has 0 bridgehead atoms. The van der Waals surface area contributed by atoms with Crippen molar-refractivity contribution in [1.82, 2.24) is 10.2 Å². The summed E-state index contributed by atoms with van der Waals surface area (Å²) < 4.78 is 0. The maximum Gasteiger partial charge on any atom is 0.317 e. The highest BCUT2D eigenvalue weighted by atomic mass is 16.3. The minimum atomic E-state index is -0.181. The van der Waals surface area contributed by atoms with Crippen LogP contribution < -0.4 is 5.32 Å². The van der Waals surface area contributed by atoms with Crippen LogP contribution in [0.25, 0.3) is 10.8 Å². The van der Waals surface area contributed by atoms with Crippen molar-refractivity contribution in [1.29, 1.82) is 0 Å². The van der Waals surface area contributed by atoms with E-state index in [9.17, 15) is 4.79 Å². The molecular formula is C16H20N2O2. The minimum absolute atomic E-state index is 0.0335. The van der Waals surface area contributed by atoms with Gasteiger partial charge in [0.1, 0.15) is 0 Å². The average molecular weight is 272 g/mol. The Bertz CT molecular complexity index is 598. The Morgan fingerprint density at radius 2 is 1.95 bits per heavy atom. The summed E-state index contributed by atoms with van der Waals surface area (Å²) >= 11 is 0. The molecule has 0 aromatic heterocycles. The van der Waals surface area contributed by atoms with Crippen molar-refractivity contribution >= 4 is 16.8 Å². The van der Waals surface area contributed by atoms with E-state index in [0.717, 1.165) is 10.9 Å². The molecule has 0 heterocycles. The molecule has 2 rings (SSSR count). The Labute approximate surface area is 119 Å². The van der Waals surface area contributed by atoms with E-state index in [1.165, 1.54) is 10.3 Å². The molecule has 2 aromatic carbocycles. The minimum Gasteiger partial charge on any atom is -0.395 e. The van der Waals surface area contributed by atoms with Crippen molar-refractivity contribution < 1.29 is 9.90 Å². The van der Waals surface area contributed by atoms with Gasteiger partial charge >= 0.3 is 6.03 Å². The molecule has 20 heavy (non-hydrogen) atoms. The summed E-state index contributed by atoms with van der Waals surface area (Å²) in [5.74, 6) is 0. The lowest BCUT2D eigenvalue weighted by atomic mass is 10.0. The predicted molar refractivity (Wildman–Crippen MR) is 80.6 cm³/mol. The van der Waals surface area contributed by atoms with E-state index in [2.05, 4.69) is 29.6 Å².